The number of aromatic amines is 1. The molecule has 1 aliphatic carbocycles. The van der Waals surface area contributed by atoms with Gasteiger partial charge in [0, 0.05) is 6.42 Å². The van der Waals surface area contributed by atoms with E-state index in [-0.39, 0.29) is 42.1 Å². The zero-order valence-electron chi connectivity index (χ0n) is 18.9. The van der Waals surface area contributed by atoms with Gasteiger partial charge in [0.1, 0.15) is 0 Å². The van der Waals surface area contributed by atoms with Crippen LogP contribution < -0.4 is 25.9 Å². The summed E-state index contributed by atoms with van der Waals surface area (Å²) in [7, 11) is 1.60. The lowest BCUT2D eigenvalue weighted by molar-refractivity contribution is -0.122. The number of aromatic nitrogens is 2. The molecule has 0 radical (unpaired) electrons. The molecule has 1 fully saturated rings. The minimum Gasteiger partial charge on any atom is -0.493 e. The van der Waals surface area contributed by atoms with Gasteiger partial charge in [0.25, 0.3) is 11.1 Å². The van der Waals surface area contributed by atoms with Gasteiger partial charge in [-0.15, -0.1) is 0 Å². The number of H-pyrrole nitrogens is 1. The smallest absolute Gasteiger partial charge is 0.273 e. The second-order valence-electron chi connectivity index (χ2n) is 8.42. The fraction of sp³-hybridized carbons (Fsp3) is 0.400. The van der Waals surface area contributed by atoms with Crippen molar-refractivity contribution >= 4 is 16.7 Å². The number of carbonyl (C=O) groups excluding carboxylic acids is 1. The Bertz CT molecular complexity index is 1260. The summed E-state index contributed by atoms with van der Waals surface area (Å²) in [5.74, 6) is 1.13. The summed E-state index contributed by atoms with van der Waals surface area (Å²) in [4.78, 5) is 37.4. The number of amides is 1. The number of aryl methyl sites for hydroxylation is 1. The molecule has 33 heavy (non-hydrogen) atoms. The summed E-state index contributed by atoms with van der Waals surface area (Å²) in [5.41, 5.74) is 0.204. The molecule has 1 aliphatic rings. The van der Waals surface area contributed by atoms with E-state index in [1.54, 1.807) is 31.4 Å². The van der Waals surface area contributed by atoms with Gasteiger partial charge in [-0.3, -0.25) is 19.5 Å². The highest BCUT2D eigenvalue weighted by atomic mass is 16.5. The number of ether oxygens (including phenoxy) is 2. The zero-order valence-corrected chi connectivity index (χ0v) is 18.9. The van der Waals surface area contributed by atoms with Crippen molar-refractivity contribution in [3.05, 3.63) is 68.7 Å². The van der Waals surface area contributed by atoms with E-state index in [0.29, 0.717) is 22.3 Å². The van der Waals surface area contributed by atoms with Crippen molar-refractivity contribution in [2.24, 2.45) is 0 Å². The molecule has 1 aromatic heterocycles. The molecule has 1 amide bonds. The Kier molecular flexibility index (Phi) is 6.82. The third-order valence-corrected chi connectivity index (χ3v) is 6.11. The lowest BCUT2D eigenvalue weighted by Crippen LogP contribution is -2.33. The van der Waals surface area contributed by atoms with E-state index in [9.17, 15) is 14.4 Å². The Hall–Kier alpha value is -3.55. The number of nitrogens with zero attached hydrogens (tertiary/aromatic N) is 1. The molecular weight excluding hydrogens is 422 g/mol. The SMILES string of the molecule is COc1cc(C(C)NC(=O)CCn2[nH]c(=O)c3ccccc3c2=O)ccc1OC1CCCC1. The lowest BCUT2D eigenvalue weighted by Gasteiger charge is -2.19. The molecular formula is C25H29N3O5. The average molecular weight is 452 g/mol. The topological polar surface area (TPSA) is 102 Å². The molecule has 1 unspecified atom stereocenters. The summed E-state index contributed by atoms with van der Waals surface area (Å²) in [6.07, 6.45) is 4.78. The fourth-order valence-corrected chi connectivity index (χ4v) is 4.25. The first-order valence-corrected chi connectivity index (χ1v) is 11.3. The standard InChI is InChI=1S/C25H29N3O5/c1-16(17-11-12-21(22(15-17)32-2)33-18-7-3-4-8-18)26-23(29)13-14-28-25(31)20-10-6-5-9-19(20)24(30)27-28/h5-6,9-12,15-16,18H,3-4,7-8,13-14H2,1-2H3,(H,26,29)(H,27,30). The quantitative estimate of drug-likeness (QED) is 0.547. The van der Waals surface area contributed by atoms with Crippen LogP contribution in [0.25, 0.3) is 10.8 Å². The van der Waals surface area contributed by atoms with Gasteiger partial charge in [-0.25, -0.2) is 4.68 Å². The number of methoxy groups -OCH3 is 1. The zero-order chi connectivity index (χ0) is 23.4. The summed E-state index contributed by atoms with van der Waals surface area (Å²) < 4.78 is 12.8. The molecule has 8 nitrogen and oxygen atoms in total. The fourth-order valence-electron chi connectivity index (χ4n) is 4.25. The highest BCUT2D eigenvalue weighted by Gasteiger charge is 2.19. The van der Waals surface area contributed by atoms with Gasteiger partial charge in [-0.1, -0.05) is 18.2 Å². The third-order valence-electron chi connectivity index (χ3n) is 6.11. The first kappa shape index (κ1) is 22.6. The molecule has 1 heterocycles. The normalized spacial score (nSPS) is 14.8. The monoisotopic (exact) mass is 451 g/mol. The van der Waals surface area contributed by atoms with Crippen LogP contribution >= 0.6 is 0 Å². The Morgan fingerprint density at radius 3 is 2.58 bits per heavy atom. The second-order valence-corrected chi connectivity index (χ2v) is 8.42. The van der Waals surface area contributed by atoms with Crippen LogP contribution in [0.2, 0.25) is 0 Å². The molecule has 3 aromatic rings. The lowest BCUT2D eigenvalue weighted by atomic mass is 10.1. The van der Waals surface area contributed by atoms with E-state index < -0.39 is 0 Å². The van der Waals surface area contributed by atoms with Crippen molar-refractivity contribution < 1.29 is 14.3 Å². The molecule has 0 bridgehead atoms. The van der Waals surface area contributed by atoms with Gasteiger partial charge in [0.05, 0.1) is 36.6 Å². The number of benzene rings is 2. The van der Waals surface area contributed by atoms with Crippen LogP contribution in [0.1, 0.15) is 50.6 Å². The molecule has 2 N–H and O–H groups in total. The molecule has 8 heteroatoms. The Morgan fingerprint density at radius 2 is 1.85 bits per heavy atom. The number of rotatable bonds is 8. The van der Waals surface area contributed by atoms with Gasteiger partial charge >= 0.3 is 0 Å². The van der Waals surface area contributed by atoms with Crippen LogP contribution in [0.3, 0.4) is 0 Å². The molecule has 0 saturated heterocycles. The molecule has 4 rings (SSSR count). The second kappa shape index (κ2) is 9.94. The van der Waals surface area contributed by atoms with Crippen LogP contribution in [0.4, 0.5) is 0 Å². The highest BCUT2D eigenvalue weighted by Crippen LogP contribution is 2.33. The van der Waals surface area contributed by atoms with Crippen LogP contribution in [-0.2, 0) is 11.3 Å². The Morgan fingerprint density at radius 1 is 1.12 bits per heavy atom. The van der Waals surface area contributed by atoms with E-state index in [0.717, 1.165) is 18.4 Å². The van der Waals surface area contributed by atoms with Crippen molar-refractivity contribution in [3.63, 3.8) is 0 Å². The van der Waals surface area contributed by atoms with E-state index in [2.05, 4.69) is 10.4 Å². The van der Waals surface area contributed by atoms with Crippen molar-refractivity contribution in [2.45, 2.75) is 57.7 Å². The number of fused-ring (bicyclic) bond motifs is 1. The van der Waals surface area contributed by atoms with Crippen LogP contribution in [0.15, 0.2) is 52.1 Å². The summed E-state index contributed by atoms with van der Waals surface area (Å²) in [6, 6.07) is 12.0. The Labute approximate surface area is 191 Å². The summed E-state index contributed by atoms with van der Waals surface area (Å²) in [5, 5.41) is 6.16. The van der Waals surface area contributed by atoms with Gasteiger partial charge in [-0.05, 0) is 62.4 Å². The molecule has 1 atom stereocenters. The molecule has 0 aliphatic heterocycles. The first-order valence-electron chi connectivity index (χ1n) is 11.3. The van der Waals surface area contributed by atoms with Crippen LogP contribution in [0, 0.1) is 0 Å². The number of carbonyl (C=O) groups is 1. The maximum absolute atomic E-state index is 12.6. The summed E-state index contributed by atoms with van der Waals surface area (Å²) >= 11 is 0. The number of nitrogens with one attached hydrogen (secondary N) is 2. The maximum Gasteiger partial charge on any atom is 0.273 e. The minimum atomic E-state index is -0.356. The van der Waals surface area contributed by atoms with Gasteiger partial charge in [0.15, 0.2) is 11.5 Å². The van der Waals surface area contributed by atoms with Crippen molar-refractivity contribution in [2.75, 3.05) is 7.11 Å². The molecule has 174 valence electrons. The van der Waals surface area contributed by atoms with Gasteiger partial charge in [-0.2, -0.15) is 0 Å². The highest BCUT2D eigenvalue weighted by molar-refractivity contribution is 5.80. The number of hydrogen-bond acceptors (Lipinski definition) is 5. The van der Waals surface area contributed by atoms with Crippen molar-refractivity contribution in [1.29, 1.82) is 0 Å². The van der Waals surface area contributed by atoms with E-state index in [1.165, 1.54) is 17.5 Å². The molecule has 1 saturated carbocycles. The van der Waals surface area contributed by atoms with E-state index in [4.69, 9.17) is 9.47 Å². The largest absolute Gasteiger partial charge is 0.493 e. The van der Waals surface area contributed by atoms with Gasteiger partial charge < -0.3 is 14.8 Å². The minimum absolute atomic E-state index is 0.0541. The average Bonchev–Trinajstić information content (AvgIpc) is 3.34. The van der Waals surface area contributed by atoms with Crippen LogP contribution in [0.5, 0.6) is 11.5 Å². The Balaban J connectivity index is 1.39. The molecule has 2 aromatic carbocycles. The predicted octanol–water partition coefficient (Wildman–Crippen LogP) is 3.29. The molecule has 0 spiro atoms. The summed E-state index contributed by atoms with van der Waals surface area (Å²) in [6.45, 7) is 1.96. The number of hydrogen-bond donors (Lipinski definition) is 2. The van der Waals surface area contributed by atoms with Gasteiger partial charge in [0.2, 0.25) is 5.91 Å². The van der Waals surface area contributed by atoms with E-state index >= 15 is 0 Å². The van der Waals surface area contributed by atoms with Crippen LogP contribution in [-0.4, -0.2) is 28.9 Å². The van der Waals surface area contributed by atoms with E-state index in [1.807, 2.05) is 25.1 Å². The van der Waals surface area contributed by atoms with Crippen molar-refractivity contribution in [1.82, 2.24) is 15.1 Å². The maximum atomic E-state index is 12.6. The predicted molar refractivity (Wildman–Crippen MR) is 126 cm³/mol. The third kappa shape index (κ3) is 5.10. The van der Waals surface area contributed by atoms with Crippen molar-refractivity contribution in [3.8, 4) is 11.5 Å². The first-order chi connectivity index (χ1) is 16.0.